The Labute approximate surface area is 145 Å². The fourth-order valence-electron chi connectivity index (χ4n) is 2.73. The van der Waals surface area contributed by atoms with Gasteiger partial charge in [-0.25, -0.2) is 0 Å². The lowest BCUT2D eigenvalue weighted by Crippen LogP contribution is -2.35. The number of anilines is 1. The molecule has 24 heavy (non-hydrogen) atoms. The lowest BCUT2D eigenvalue weighted by Gasteiger charge is -2.25. The van der Waals surface area contributed by atoms with E-state index < -0.39 is 0 Å². The number of nitrogens with two attached hydrogens (primary N) is 1. The number of carbonyl (C=O) groups is 1. The van der Waals surface area contributed by atoms with Crippen LogP contribution < -0.4 is 11.1 Å². The summed E-state index contributed by atoms with van der Waals surface area (Å²) in [5, 5.41) is 3.06. The van der Waals surface area contributed by atoms with Crippen molar-refractivity contribution in [1.82, 2.24) is 5.32 Å². The topological polar surface area (TPSA) is 55.1 Å². The summed E-state index contributed by atoms with van der Waals surface area (Å²) in [5.74, 6) is 0.0657. The molecule has 0 aliphatic carbocycles. The average molecular weight is 324 g/mol. The van der Waals surface area contributed by atoms with E-state index in [-0.39, 0.29) is 11.3 Å². The number of nitrogens with one attached hydrogen (secondary N) is 1. The average Bonchev–Trinajstić information content (AvgIpc) is 2.56. The molecule has 3 N–H and O–H groups in total. The van der Waals surface area contributed by atoms with Crippen LogP contribution in [0.3, 0.4) is 0 Å². The van der Waals surface area contributed by atoms with E-state index in [9.17, 15) is 4.79 Å². The quantitative estimate of drug-likeness (QED) is 0.722. The second-order valence-corrected chi connectivity index (χ2v) is 7.20. The standard InChI is InChI=1S/C21H28N2O/c1-21(2,14-6-9-17-7-4-3-5-8-17)16-23-20(24)15-18-10-12-19(22)13-11-18/h3-5,7-8,10-13H,6,9,14-16,22H2,1-2H3,(H,23,24). The lowest BCUT2D eigenvalue weighted by atomic mass is 9.86. The molecule has 0 aromatic heterocycles. The summed E-state index contributed by atoms with van der Waals surface area (Å²) < 4.78 is 0. The number of hydrogen-bond donors (Lipinski definition) is 2. The van der Waals surface area contributed by atoms with Gasteiger partial charge in [-0.2, -0.15) is 0 Å². The molecule has 0 aliphatic rings. The zero-order valence-corrected chi connectivity index (χ0v) is 14.7. The molecule has 0 atom stereocenters. The van der Waals surface area contributed by atoms with Gasteiger partial charge in [0.25, 0.3) is 0 Å². The van der Waals surface area contributed by atoms with Gasteiger partial charge in [0, 0.05) is 12.2 Å². The van der Waals surface area contributed by atoms with E-state index in [2.05, 4.69) is 43.4 Å². The molecule has 0 aliphatic heterocycles. The van der Waals surface area contributed by atoms with Crippen LogP contribution in [0.5, 0.6) is 0 Å². The molecule has 2 aromatic carbocycles. The summed E-state index contributed by atoms with van der Waals surface area (Å²) in [5.41, 5.74) is 8.85. The smallest absolute Gasteiger partial charge is 0.224 e. The fraction of sp³-hybridized carbons (Fsp3) is 0.381. The van der Waals surface area contributed by atoms with Gasteiger partial charge in [-0.05, 0) is 47.9 Å². The summed E-state index contributed by atoms with van der Waals surface area (Å²) in [6.07, 6.45) is 3.71. The van der Waals surface area contributed by atoms with E-state index in [0.29, 0.717) is 13.0 Å². The third-order valence-corrected chi connectivity index (χ3v) is 4.27. The van der Waals surface area contributed by atoms with Crippen LogP contribution >= 0.6 is 0 Å². The molecule has 0 heterocycles. The highest BCUT2D eigenvalue weighted by Crippen LogP contribution is 2.22. The molecule has 0 fully saturated rings. The van der Waals surface area contributed by atoms with Crippen LogP contribution in [0, 0.1) is 5.41 Å². The van der Waals surface area contributed by atoms with E-state index >= 15 is 0 Å². The first-order chi connectivity index (χ1) is 11.4. The van der Waals surface area contributed by atoms with Gasteiger partial charge < -0.3 is 11.1 Å². The number of amides is 1. The summed E-state index contributed by atoms with van der Waals surface area (Å²) >= 11 is 0. The molecule has 2 rings (SSSR count). The Morgan fingerprint density at radius 3 is 2.33 bits per heavy atom. The molecule has 1 amide bonds. The Morgan fingerprint density at radius 2 is 1.67 bits per heavy atom. The van der Waals surface area contributed by atoms with Crippen molar-refractivity contribution in [3.05, 3.63) is 65.7 Å². The maximum absolute atomic E-state index is 12.1. The van der Waals surface area contributed by atoms with Crippen molar-refractivity contribution in [2.45, 2.75) is 39.5 Å². The molecule has 0 unspecified atom stereocenters. The number of hydrogen-bond acceptors (Lipinski definition) is 2. The minimum absolute atomic E-state index is 0.0657. The summed E-state index contributed by atoms with van der Waals surface area (Å²) in [7, 11) is 0. The minimum Gasteiger partial charge on any atom is -0.399 e. The van der Waals surface area contributed by atoms with Crippen LogP contribution in [0.1, 0.15) is 37.8 Å². The first-order valence-corrected chi connectivity index (χ1v) is 8.60. The molecule has 0 saturated carbocycles. The minimum atomic E-state index is 0.0657. The zero-order valence-electron chi connectivity index (χ0n) is 14.7. The molecule has 0 spiro atoms. The summed E-state index contributed by atoms with van der Waals surface area (Å²) in [4.78, 5) is 12.1. The maximum atomic E-state index is 12.1. The third kappa shape index (κ3) is 6.45. The molecule has 0 bridgehead atoms. The van der Waals surface area contributed by atoms with Gasteiger partial charge in [0.05, 0.1) is 6.42 Å². The molecular formula is C21H28N2O. The Balaban J connectivity index is 1.71. The first kappa shape index (κ1) is 18.1. The highest BCUT2D eigenvalue weighted by atomic mass is 16.1. The van der Waals surface area contributed by atoms with Crippen LogP contribution in [0.4, 0.5) is 5.69 Å². The van der Waals surface area contributed by atoms with Crippen molar-refractivity contribution < 1.29 is 4.79 Å². The van der Waals surface area contributed by atoms with Crippen molar-refractivity contribution in [3.8, 4) is 0 Å². The SMILES string of the molecule is CC(C)(CCCc1ccccc1)CNC(=O)Cc1ccc(N)cc1. The van der Waals surface area contributed by atoms with Crippen molar-refractivity contribution in [2.24, 2.45) is 5.41 Å². The van der Waals surface area contributed by atoms with Crippen molar-refractivity contribution in [3.63, 3.8) is 0 Å². The first-order valence-electron chi connectivity index (χ1n) is 8.60. The molecule has 0 saturated heterocycles. The van der Waals surface area contributed by atoms with Crippen LogP contribution in [0.25, 0.3) is 0 Å². The second kappa shape index (κ2) is 8.53. The van der Waals surface area contributed by atoms with E-state index in [1.165, 1.54) is 5.56 Å². The fourth-order valence-corrected chi connectivity index (χ4v) is 2.73. The normalized spacial score (nSPS) is 11.2. The summed E-state index contributed by atoms with van der Waals surface area (Å²) in [6, 6.07) is 18.0. The predicted octanol–water partition coefficient (Wildman–Crippen LogP) is 3.98. The lowest BCUT2D eigenvalue weighted by molar-refractivity contribution is -0.120. The molecule has 3 heteroatoms. The van der Waals surface area contributed by atoms with Gasteiger partial charge in [0.2, 0.25) is 5.91 Å². The number of benzene rings is 2. The van der Waals surface area contributed by atoms with Crippen molar-refractivity contribution >= 4 is 11.6 Å². The highest BCUT2D eigenvalue weighted by Gasteiger charge is 2.18. The summed E-state index contributed by atoms with van der Waals surface area (Å²) in [6.45, 7) is 5.12. The molecule has 0 radical (unpaired) electrons. The van der Waals surface area contributed by atoms with Crippen molar-refractivity contribution in [2.75, 3.05) is 12.3 Å². The Morgan fingerprint density at radius 1 is 1.00 bits per heavy atom. The second-order valence-electron chi connectivity index (χ2n) is 7.20. The number of aryl methyl sites for hydroxylation is 1. The van der Waals surface area contributed by atoms with E-state index in [1.54, 1.807) is 0 Å². The largest absolute Gasteiger partial charge is 0.399 e. The van der Waals surface area contributed by atoms with Gasteiger partial charge in [0.15, 0.2) is 0 Å². The van der Waals surface area contributed by atoms with Crippen LogP contribution in [0.15, 0.2) is 54.6 Å². The third-order valence-electron chi connectivity index (χ3n) is 4.27. The van der Waals surface area contributed by atoms with Gasteiger partial charge in [-0.1, -0.05) is 56.3 Å². The van der Waals surface area contributed by atoms with Crippen LogP contribution in [0.2, 0.25) is 0 Å². The van der Waals surface area contributed by atoms with E-state index in [0.717, 1.165) is 30.5 Å². The van der Waals surface area contributed by atoms with Gasteiger partial charge in [-0.3, -0.25) is 4.79 Å². The number of carbonyl (C=O) groups excluding carboxylic acids is 1. The Kier molecular flexibility index (Phi) is 6.42. The van der Waals surface area contributed by atoms with E-state index in [1.807, 2.05) is 30.3 Å². The number of rotatable bonds is 8. The molecular weight excluding hydrogens is 296 g/mol. The van der Waals surface area contributed by atoms with Crippen molar-refractivity contribution in [1.29, 1.82) is 0 Å². The maximum Gasteiger partial charge on any atom is 0.224 e. The predicted molar refractivity (Wildman–Crippen MR) is 101 cm³/mol. The zero-order chi connectivity index (χ0) is 17.4. The molecule has 3 nitrogen and oxygen atoms in total. The van der Waals surface area contributed by atoms with E-state index in [4.69, 9.17) is 5.73 Å². The monoisotopic (exact) mass is 324 g/mol. The molecule has 128 valence electrons. The van der Waals surface area contributed by atoms with Gasteiger partial charge in [0.1, 0.15) is 0 Å². The Bertz CT molecular complexity index is 633. The number of nitrogen functional groups attached to an aromatic ring is 1. The van der Waals surface area contributed by atoms with Gasteiger partial charge >= 0.3 is 0 Å². The highest BCUT2D eigenvalue weighted by molar-refractivity contribution is 5.78. The van der Waals surface area contributed by atoms with Crippen LogP contribution in [-0.2, 0) is 17.6 Å². The van der Waals surface area contributed by atoms with Gasteiger partial charge in [-0.15, -0.1) is 0 Å². The molecule has 2 aromatic rings. The Hall–Kier alpha value is -2.29. The van der Waals surface area contributed by atoms with Crippen LogP contribution in [-0.4, -0.2) is 12.5 Å².